The van der Waals surface area contributed by atoms with Crippen LogP contribution in [0.3, 0.4) is 0 Å². The van der Waals surface area contributed by atoms with E-state index in [1.165, 1.54) is 17.8 Å². The molecule has 0 amide bonds. The summed E-state index contributed by atoms with van der Waals surface area (Å²) in [6.07, 6.45) is 5.22. The van der Waals surface area contributed by atoms with E-state index < -0.39 is 5.97 Å². The molecule has 1 saturated carbocycles. The van der Waals surface area contributed by atoms with Gasteiger partial charge < -0.3 is 9.84 Å². The molecule has 4 nitrogen and oxygen atoms in total. The van der Waals surface area contributed by atoms with Crippen LogP contribution >= 0.6 is 11.3 Å². The number of carbonyl (C=O) groups excluding carboxylic acids is 1. The third kappa shape index (κ3) is 2.65. The Morgan fingerprint density at radius 1 is 1.22 bits per heavy atom. The van der Waals surface area contributed by atoms with Crippen molar-refractivity contribution < 1.29 is 14.6 Å². The summed E-state index contributed by atoms with van der Waals surface area (Å²) in [5.41, 5.74) is 0.855. The number of hydrogen-bond acceptors (Lipinski definition) is 5. The summed E-state index contributed by atoms with van der Waals surface area (Å²) in [5.74, 6) is -0.439. The van der Waals surface area contributed by atoms with Gasteiger partial charge in [0.1, 0.15) is 10.9 Å². The van der Waals surface area contributed by atoms with Crippen molar-refractivity contribution in [2.45, 2.75) is 38.2 Å². The Kier molecular flexibility index (Phi) is 3.65. The van der Waals surface area contributed by atoms with Gasteiger partial charge >= 0.3 is 5.97 Å². The normalized spacial score (nSPS) is 16.0. The highest BCUT2D eigenvalue weighted by Crippen LogP contribution is 2.38. The molecule has 1 aromatic carbocycles. The average Bonchev–Trinajstić information content (AvgIpc) is 2.90. The molecule has 0 saturated heterocycles. The maximum atomic E-state index is 12.4. The predicted molar refractivity (Wildman–Crippen MR) is 91.1 cm³/mol. The lowest BCUT2D eigenvalue weighted by molar-refractivity contribution is 0.0214. The molecule has 0 atom stereocenters. The SMILES string of the molecule is O=C(OC1CCCCC1)c1sc2nc3ccccc3cc2c1O. The summed E-state index contributed by atoms with van der Waals surface area (Å²) in [6.45, 7) is 0. The van der Waals surface area contributed by atoms with E-state index in [0.717, 1.165) is 36.6 Å². The van der Waals surface area contributed by atoms with Crippen molar-refractivity contribution in [1.82, 2.24) is 4.98 Å². The number of fused-ring (bicyclic) bond motifs is 2. The molecule has 1 aliphatic carbocycles. The van der Waals surface area contributed by atoms with Crippen molar-refractivity contribution in [3.63, 3.8) is 0 Å². The van der Waals surface area contributed by atoms with E-state index in [2.05, 4.69) is 4.98 Å². The monoisotopic (exact) mass is 327 g/mol. The Morgan fingerprint density at radius 2 is 2.00 bits per heavy atom. The fourth-order valence-electron chi connectivity index (χ4n) is 3.14. The molecule has 0 radical (unpaired) electrons. The van der Waals surface area contributed by atoms with Crippen LogP contribution < -0.4 is 0 Å². The van der Waals surface area contributed by atoms with Gasteiger partial charge in [-0.05, 0) is 37.8 Å². The number of rotatable bonds is 2. The van der Waals surface area contributed by atoms with Gasteiger partial charge in [-0.1, -0.05) is 24.6 Å². The number of pyridine rings is 1. The van der Waals surface area contributed by atoms with Gasteiger partial charge in [0, 0.05) is 5.39 Å². The largest absolute Gasteiger partial charge is 0.505 e. The van der Waals surface area contributed by atoms with Crippen LogP contribution in [-0.2, 0) is 4.74 Å². The smallest absolute Gasteiger partial charge is 0.352 e. The third-order valence-corrected chi connectivity index (χ3v) is 5.44. The second-order valence-electron chi connectivity index (χ2n) is 5.98. The second-order valence-corrected chi connectivity index (χ2v) is 6.98. The van der Waals surface area contributed by atoms with Crippen molar-refractivity contribution in [3.8, 4) is 5.75 Å². The Labute approximate surface area is 137 Å². The van der Waals surface area contributed by atoms with Crippen LogP contribution in [0.15, 0.2) is 30.3 Å². The molecular formula is C18H17NO3S. The Bertz CT molecular complexity index is 880. The van der Waals surface area contributed by atoms with Crippen molar-refractivity contribution in [1.29, 1.82) is 0 Å². The first-order valence-electron chi connectivity index (χ1n) is 7.94. The van der Waals surface area contributed by atoms with E-state index in [1.807, 2.05) is 30.3 Å². The molecular weight excluding hydrogens is 310 g/mol. The van der Waals surface area contributed by atoms with E-state index >= 15 is 0 Å². The molecule has 4 rings (SSSR count). The number of hydrogen-bond donors (Lipinski definition) is 1. The zero-order valence-corrected chi connectivity index (χ0v) is 13.4. The molecule has 5 heteroatoms. The minimum atomic E-state index is -0.429. The number of nitrogens with zero attached hydrogens (tertiary/aromatic N) is 1. The van der Waals surface area contributed by atoms with E-state index in [1.54, 1.807) is 0 Å². The zero-order chi connectivity index (χ0) is 15.8. The van der Waals surface area contributed by atoms with Crippen LogP contribution in [0.25, 0.3) is 21.1 Å². The minimum Gasteiger partial charge on any atom is -0.505 e. The molecule has 2 heterocycles. The summed E-state index contributed by atoms with van der Waals surface area (Å²) in [7, 11) is 0. The van der Waals surface area contributed by atoms with Gasteiger partial charge in [-0.25, -0.2) is 9.78 Å². The quantitative estimate of drug-likeness (QED) is 0.696. The van der Waals surface area contributed by atoms with Gasteiger partial charge in [-0.15, -0.1) is 11.3 Å². The third-order valence-electron chi connectivity index (χ3n) is 4.37. The van der Waals surface area contributed by atoms with E-state index in [4.69, 9.17) is 4.74 Å². The summed E-state index contributed by atoms with van der Waals surface area (Å²) in [6, 6.07) is 9.59. The Morgan fingerprint density at radius 3 is 2.83 bits per heavy atom. The van der Waals surface area contributed by atoms with E-state index in [-0.39, 0.29) is 16.7 Å². The first-order valence-corrected chi connectivity index (χ1v) is 8.76. The minimum absolute atomic E-state index is 0.0101. The Hall–Kier alpha value is -2.14. The lowest BCUT2D eigenvalue weighted by atomic mass is 9.98. The molecule has 0 aliphatic heterocycles. The van der Waals surface area contributed by atoms with Crippen molar-refractivity contribution in [3.05, 3.63) is 35.2 Å². The lowest BCUT2D eigenvalue weighted by Gasteiger charge is -2.21. The van der Waals surface area contributed by atoms with Gasteiger partial charge in [0.25, 0.3) is 0 Å². The fourth-order valence-corrected chi connectivity index (χ4v) is 4.08. The second kappa shape index (κ2) is 5.81. The van der Waals surface area contributed by atoms with Gasteiger partial charge in [0.05, 0.1) is 10.9 Å². The maximum Gasteiger partial charge on any atom is 0.352 e. The summed E-state index contributed by atoms with van der Waals surface area (Å²) >= 11 is 1.20. The molecule has 1 N–H and O–H groups in total. The lowest BCUT2D eigenvalue weighted by Crippen LogP contribution is -2.20. The number of carbonyl (C=O) groups is 1. The number of thiophene rings is 1. The van der Waals surface area contributed by atoms with Crippen LogP contribution in [0.4, 0.5) is 0 Å². The Balaban J connectivity index is 1.70. The van der Waals surface area contributed by atoms with Crippen LogP contribution in [0.2, 0.25) is 0 Å². The number of ether oxygens (including phenoxy) is 1. The molecule has 2 aromatic heterocycles. The highest BCUT2D eigenvalue weighted by molar-refractivity contribution is 7.20. The summed E-state index contributed by atoms with van der Waals surface area (Å²) in [5, 5.41) is 12.0. The molecule has 0 bridgehead atoms. The van der Waals surface area contributed by atoms with Gasteiger partial charge in [0.2, 0.25) is 0 Å². The summed E-state index contributed by atoms with van der Waals surface area (Å²) < 4.78 is 5.57. The van der Waals surface area contributed by atoms with Crippen molar-refractivity contribution >= 4 is 38.4 Å². The highest BCUT2D eigenvalue weighted by atomic mass is 32.1. The predicted octanol–water partition coefficient (Wildman–Crippen LogP) is 4.64. The van der Waals surface area contributed by atoms with Gasteiger partial charge in [-0.2, -0.15) is 0 Å². The number of aromatic nitrogens is 1. The van der Waals surface area contributed by atoms with Crippen molar-refractivity contribution in [2.75, 3.05) is 0 Å². The highest BCUT2D eigenvalue weighted by Gasteiger charge is 2.24. The zero-order valence-electron chi connectivity index (χ0n) is 12.6. The molecule has 0 unspecified atom stereocenters. The summed E-state index contributed by atoms with van der Waals surface area (Å²) in [4.78, 5) is 17.9. The van der Waals surface area contributed by atoms with Crippen molar-refractivity contribution in [2.24, 2.45) is 0 Å². The number of para-hydroxylation sites is 1. The van der Waals surface area contributed by atoms with E-state index in [0.29, 0.717) is 10.2 Å². The van der Waals surface area contributed by atoms with Gasteiger partial charge in [-0.3, -0.25) is 0 Å². The first kappa shape index (κ1) is 14.5. The number of benzene rings is 1. The molecule has 0 spiro atoms. The topological polar surface area (TPSA) is 59.4 Å². The molecule has 3 aromatic rings. The number of aromatic hydroxyl groups is 1. The van der Waals surface area contributed by atoms with Crippen LogP contribution in [0.1, 0.15) is 41.8 Å². The molecule has 23 heavy (non-hydrogen) atoms. The number of esters is 1. The fraction of sp³-hybridized carbons (Fsp3) is 0.333. The van der Waals surface area contributed by atoms with Crippen LogP contribution in [0.5, 0.6) is 5.75 Å². The standard InChI is InChI=1S/C18H17NO3S/c20-15-13-10-11-6-4-5-9-14(11)19-17(13)23-16(15)18(21)22-12-7-2-1-3-8-12/h4-6,9-10,12,20H,1-3,7-8H2. The molecule has 1 fully saturated rings. The van der Waals surface area contributed by atoms with Crippen LogP contribution in [-0.4, -0.2) is 22.2 Å². The average molecular weight is 327 g/mol. The molecule has 1 aliphatic rings. The maximum absolute atomic E-state index is 12.4. The first-order chi connectivity index (χ1) is 11.2. The molecule has 118 valence electrons. The van der Waals surface area contributed by atoms with Gasteiger partial charge in [0.15, 0.2) is 10.6 Å². The van der Waals surface area contributed by atoms with E-state index in [9.17, 15) is 9.90 Å². The van der Waals surface area contributed by atoms with Crippen LogP contribution in [0, 0.1) is 0 Å².